The van der Waals surface area contributed by atoms with Crippen LogP contribution >= 0.6 is 64.1 Å². The number of allylic oxidation sites excluding steroid dienone is 2. The maximum Gasteiger partial charge on any atom is 0.493 e. The molecule has 0 fully saturated rings. The van der Waals surface area contributed by atoms with E-state index in [2.05, 4.69) is 80.4 Å². The average molecular weight is 975 g/mol. The number of nitrogens with zero attached hydrogens (tertiary/aromatic N) is 3. The molecule has 0 aromatic carbocycles. The Kier molecular flexibility index (Phi) is 30.4. The number of nitrogens with one attached hydrogen (secondary N) is 1. The quantitative estimate of drug-likeness (QED) is 0.0233. The topological polar surface area (TPSA) is 259 Å². The number of oxazole rings is 3. The van der Waals surface area contributed by atoms with E-state index in [0.29, 0.717) is 17.1 Å². The molecule has 0 atom stereocenters. The van der Waals surface area contributed by atoms with Crippen molar-refractivity contribution in [2.75, 3.05) is 32.4 Å². The van der Waals surface area contributed by atoms with E-state index in [1.54, 1.807) is 20.8 Å². The second kappa shape index (κ2) is 30.2. The number of thiocarbonyl (C=S) groups is 1. The van der Waals surface area contributed by atoms with Crippen LogP contribution in [-0.4, -0.2) is 75.6 Å². The predicted octanol–water partition coefficient (Wildman–Crippen LogP) is 7.01. The summed E-state index contributed by atoms with van der Waals surface area (Å²) >= 11 is 13.3. The number of amidine groups is 1. The standard InChI is InChI=1S/C10H10F3NO3S.C7H9N3O3S.C6H7ClNO3.C4H4BrF3.CH4N2S.ClH/c1-5-7(9(15)16-2)17-10(14-5)18-4-3-6(11)8(12)13;1-3-4(5(11)12-2)13-7(10-3)14-6(8)9;1-3-4(5(9)10-2)11-6(7)8-3;5-2-1-3(6)4(7)8;2-1(3)4;/h3-4H2,1-2H3;1-2H3,(H3,8,9);7H,1-2H3;1-2H2;(H4,2,3,4);1H/q;;+1;;;. The second-order valence-electron chi connectivity index (χ2n) is 8.89. The molecule has 0 aliphatic carbocycles. The van der Waals surface area contributed by atoms with E-state index in [4.69, 9.17) is 24.4 Å². The van der Waals surface area contributed by atoms with E-state index in [1.807, 2.05) is 0 Å². The maximum atomic E-state index is 12.5. The molecule has 0 bridgehead atoms. The van der Waals surface area contributed by atoms with E-state index < -0.39 is 48.1 Å². The van der Waals surface area contributed by atoms with Crippen molar-refractivity contribution < 1.29 is 79.8 Å². The number of carbonyl (C=O) groups excluding carboxylic acids is 3. The number of thioether (sulfide) groups is 2. The summed E-state index contributed by atoms with van der Waals surface area (Å²) in [5.74, 6) is -4.50. The molecule has 0 aliphatic heterocycles. The van der Waals surface area contributed by atoms with Gasteiger partial charge in [-0.1, -0.05) is 27.7 Å². The van der Waals surface area contributed by atoms with Gasteiger partial charge in [0.1, 0.15) is 0 Å². The molecule has 316 valence electrons. The number of alkyl halides is 1. The summed E-state index contributed by atoms with van der Waals surface area (Å²) in [6.45, 7) is 4.78. The van der Waals surface area contributed by atoms with Crippen molar-refractivity contribution in [3.05, 3.63) is 63.5 Å². The largest absolute Gasteiger partial charge is 0.493 e. The molecule has 56 heavy (non-hydrogen) atoms. The minimum atomic E-state index is -2.32. The van der Waals surface area contributed by atoms with Crippen LogP contribution in [0.25, 0.3) is 0 Å². The summed E-state index contributed by atoms with van der Waals surface area (Å²) in [6.07, 6.45) is -5.21. The third-order valence-electron chi connectivity index (χ3n) is 4.91. The Hall–Kier alpha value is -3.98. The molecular formula is C28H35BrCl2F6N7O9S3+. The zero-order valence-electron chi connectivity index (χ0n) is 29.8. The summed E-state index contributed by atoms with van der Waals surface area (Å²) in [6, 6.07) is 0. The molecule has 0 amide bonds. The molecule has 0 unspecified atom stereocenters. The number of aromatic nitrogens is 3. The third kappa shape index (κ3) is 23.8. The van der Waals surface area contributed by atoms with Crippen LogP contribution in [0.1, 0.15) is 61.6 Å². The van der Waals surface area contributed by atoms with Gasteiger partial charge in [-0.2, -0.15) is 22.5 Å². The lowest BCUT2D eigenvalue weighted by atomic mass is 10.4. The number of halogens is 9. The van der Waals surface area contributed by atoms with Gasteiger partial charge < -0.3 is 44.7 Å². The molecule has 28 heteroatoms. The van der Waals surface area contributed by atoms with E-state index in [1.165, 1.54) is 21.3 Å². The van der Waals surface area contributed by atoms with E-state index in [-0.39, 0.29) is 73.3 Å². The lowest BCUT2D eigenvalue weighted by Gasteiger charge is -1.95. The monoisotopic (exact) mass is 972 g/mol. The first-order chi connectivity index (χ1) is 25.6. The number of ether oxygens (including phenoxy) is 3. The summed E-state index contributed by atoms with van der Waals surface area (Å²) in [4.78, 5) is 44.6. The predicted molar refractivity (Wildman–Crippen MR) is 199 cm³/mol. The number of carbonyl (C=O) groups is 3. The molecule has 3 aromatic heterocycles. The van der Waals surface area contributed by atoms with Crippen molar-refractivity contribution in [1.29, 1.82) is 5.41 Å². The number of rotatable bonds is 10. The molecule has 0 spiro atoms. The first-order valence-corrected chi connectivity index (χ1v) is 17.8. The van der Waals surface area contributed by atoms with Crippen LogP contribution in [0.2, 0.25) is 5.35 Å². The van der Waals surface area contributed by atoms with Crippen LogP contribution in [-0.2, 0) is 14.2 Å². The Balaban J connectivity index is -0.000000665. The van der Waals surface area contributed by atoms with Crippen molar-refractivity contribution in [1.82, 2.24) is 15.0 Å². The van der Waals surface area contributed by atoms with Crippen LogP contribution < -0.4 is 17.2 Å². The number of nitrogens with two attached hydrogens (primary N) is 3. The van der Waals surface area contributed by atoms with Gasteiger partial charge in [0.05, 0.1) is 38.4 Å². The maximum absolute atomic E-state index is 12.5. The lowest BCUT2D eigenvalue weighted by Crippen LogP contribution is -2.18. The normalized spacial score (nSPS) is 9.39. The van der Waals surface area contributed by atoms with Gasteiger partial charge in [0, 0.05) is 35.7 Å². The van der Waals surface area contributed by atoms with Crippen molar-refractivity contribution in [2.45, 2.75) is 44.1 Å². The van der Waals surface area contributed by atoms with Gasteiger partial charge in [-0.25, -0.2) is 33.1 Å². The highest BCUT2D eigenvalue weighted by Crippen LogP contribution is 2.25. The van der Waals surface area contributed by atoms with Crippen molar-refractivity contribution >= 4 is 92.3 Å². The van der Waals surface area contributed by atoms with Crippen LogP contribution in [0.15, 0.2) is 47.5 Å². The third-order valence-corrected chi connectivity index (χ3v) is 6.88. The Morgan fingerprint density at radius 2 is 1.11 bits per heavy atom. The highest BCUT2D eigenvalue weighted by Gasteiger charge is 2.21. The number of aryl methyl sites for hydroxylation is 3. The molecule has 3 rings (SSSR count). The first kappa shape index (κ1) is 56.4. The van der Waals surface area contributed by atoms with Crippen molar-refractivity contribution in [3.8, 4) is 0 Å². The highest BCUT2D eigenvalue weighted by atomic mass is 79.9. The fourth-order valence-electron chi connectivity index (χ4n) is 2.66. The average Bonchev–Trinajstić information content (AvgIpc) is 3.77. The van der Waals surface area contributed by atoms with E-state index in [9.17, 15) is 40.7 Å². The lowest BCUT2D eigenvalue weighted by molar-refractivity contribution is -0.325. The first-order valence-electron chi connectivity index (χ1n) is 14.0. The summed E-state index contributed by atoms with van der Waals surface area (Å²) in [5.41, 5.74) is 15.6. The summed E-state index contributed by atoms with van der Waals surface area (Å²) < 4.78 is 98.1. The molecule has 3 aromatic rings. The van der Waals surface area contributed by atoms with Gasteiger partial charge in [-0.3, -0.25) is 5.41 Å². The molecule has 0 aliphatic rings. The fraction of sp³-hybridized carbons (Fsp3) is 0.357. The molecule has 3 heterocycles. The molecule has 0 saturated carbocycles. The molecule has 0 radical (unpaired) electrons. The van der Waals surface area contributed by atoms with Gasteiger partial charge in [-0.15, -0.1) is 12.4 Å². The van der Waals surface area contributed by atoms with E-state index >= 15 is 0 Å². The Labute approximate surface area is 348 Å². The zero-order chi connectivity index (χ0) is 43.0. The SMILES string of the molecule is COC(=O)c1oc(SC(=N)N)nc1C.COC(=O)c1oc(SCCC(F)=C(F)F)nc1C.COC(=O)c1oc([ClH+])nc1C.Cl.FC(F)=C(F)CCBr.NC(N)=S. The Morgan fingerprint density at radius 1 is 0.750 bits per heavy atom. The van der Waals surface area contributed by atoms with Gasteiger partial charge in [0.15, 0.2) is 21.9 Å². The number of esters is 3. The number of methoxy groups -OCH3 is 3. The van der Waals surface area contributed by atoms with Crippen LogP contribution in [0.5, 0.6) is 0 Å². The molecular weight excluding hydrogens is 939 g/mol. The summed E-state index contributed by atoms with van der Waals surface area (Å²) in [5, 5.41) is 7.40. The van der Waals surface area contributed by atoms with Crippen LogP contribution in [0, 0.1) is 37.8 Å². The Morgan fingerprint density at radius 3 is 1.43 bits per heavy atom. The molecule has 0 saturated heterocycles. The summed E-state index contributed by atoms with van der Waals surface area (Å²) in [7, 11) is 3.72. The van der Waals surface area contributed by atoms with Crippen molar-refractivity contribution in [3.63, 3.8) is 0 Å². The number of hydrogen-bond acceptors (Lipinski definition) is 16. The number of hydrogen-bond donors (Lipinski definition) is 4. The van der Waals surface area contributed by atoms with Crippen molar-refractivity contribution in [2.24, 2.45) is 17.2 Å². The van der Waals surface area contributed by atoms with Gasteiger partial charge in [0.2, 0.25) is 28.9 Å². The van der Waals surface area contributed by atoms with Crippen LogP contribution in [0.4, 0.5) is 26.3 Å². The zero-order valence-corrected chi connectivity index (χ0v) is 35.4. The highest BCUT2D eigenvalue weighted by molar-refractivity contribution is 9.09. The Bertz CT molecular complexity index is 1810. The smallest absolute Gasteiger partial charge is 0.463 e. The van der Waals surface area contributed by atoms with Gasteiger partial charge in [0.25, 0.3) is 10.4 Å². The molecule has 7 N–H and O–H groups in total. The molecule has 16 nitrogen and oxygen atoms in total. The fourth-order valence-corrected chi connectivity index (χ4v) is 4.52. The minimum Gasteiger partial charge on any atom is -0.463 e. The van der Waals surface area contributed by atoms with Gasteiger partial charge >= 0.3 is 35.4 Å². The second-order valence-corrected chi connectivity index (χ2v) is 12.5. The van der Waals surface area contributed by atoms with Gasteiger partial charge in [-0.05, 0) is 33.0 Å². The van der Waals surface area contributed by atoms with Crippen LogP contribution in [0.3, 0.4) is 0 Å². The minimum absolute atomic E-state index is 0. The van der Waals surface area contributed by atoms with E-state index in [0.717, 1.165) is 23.5 Å².